The average Bonchev–Trinajstić information content (AvgIpc) is 3.03. The Kier molecular flexibility index (Phi) is 9.69. The Morgan fingerprint density at radius 1 is 1.35 bits per heavy atom. The number of amides is 1. The number of benzene rings is 1. The number of nitrogens with one attached hydrogen (secondary N) is 1. The van der Waals surface area contributed by atoms with Crippen LogP contribution in [0.4, 0.5) is 0 Å². The maximum absolute atomic E-state index is 11.9. The highest BCUT2D eigenvalue weighted by molar-refractivity contribution is 14.0. The molecule has 1 atom stereocenters. The zero-order valence-corrected chi connectivity index (χ0v) is 18.4. The van der Waals surface area contributed by atoms with E-state index in [4.69, 9.17) is 0 Å². The summed E-state index contributed by atoms with van der Waals surface area (Å²) in [7, 11) is 3.51. The van der Waals surface area contributed by atoms with Gasteiger partial charge >= 0.3 is 0 Å². The highest BCUT2D eigenvalue weighted by Crippen LogP contribution is 2.21. The summed E-state index contributed by atoms with van der Waals surface area (Å²) in [5, 5.41) is 3.35. The van der Waals surface area contributed by atoms with Crippen molar-refractivity contribution in [3.63, 3.8) is 0 Å². The molecule has 1 aromatic rings. The van der Waals surface area contributed by atoms with E-state index in [2.05, 4.69) is 52.1 Å². The Hall–Kier alpha value is -1.57. The molecule has 1 heterocycles. The molecule has 1 N–H and O–H groups in total. The summed E-state index contributed by atoms with van der Waals surface area (Å²) >= 11 is 0. The molecule has 1 aromatic carbocycles. The number of rotatable bonds is 6. The molecule has 26 heavy (non-hydrogen) atoms. The Bertz CT molecular complexity index is 615. The molecule has 0 saturated carbocycles. The lowest BCUT2D eigenvalue weighted by Crippen LogP contribution is -2.41. The fourth-order valence-electron chi connectivity index (χ4n) is 2.92. The van der Waals surface area contributed by atoms with Crippen molar-refractivity contribution in [2.75, 3.05) is 40.3 Å². The molecule has 1 amide bonds. The second-order valence-corrected chi connectivity index (χ2v) is 7.03. The van der Waals surface area contributed by atoms with Crippen molar-refractivity contribution in [1.82, 2.24) is 15.1 Å². The lowest BCUT2D eigenvalue weighted by molar-refractivity contribution is -0.127. The number of hydrogen-bond acceptors (Lipinski definition) is 2. The van der Waals surface area contributed by atoms with E-state index in [1.807, 2.05) is 6.92 Å². The van der Waals surface area contributed by atoms with E-state index in [0.717, 1.165) is 37.5 Å². The van der Waals surface area contributed by atoms with Crippen molar-refractivity contribution in [2.24, 2.45) is 10.9 Å². The zero-order valence-electron chi connectivity index (χ0n) is 16.1. The standard InChI is InChI=1S/C20H30N4O.HI/c1-16(2)13-21-20(22-14-19(25)23(3)4)24-11-10-18(15-24)12-17-8-6-5-7-9-17;/h5-9,18H,1,10-15H2,2-4H3,(H,21,22);1H. The predicted molar refractivity (Wildman–Crippen MR) is 119 cm³/mol. The summed E-state index contributed by atoms with van der Waals surface area (Å²) in [6.07, 6.45) is 2.23. The van der Waals surface area contributed by atoms with E-state index in [9.17, 15) is 4.79 Å². The fraction of sp³-hybridized carbons (Fsp3) is 0.500. The van der Waals surface area contributed by atoms with Gasteiger partial charge in [0.05, 0.1) is 0 Å². The van der Waals surface area contributed by atoms with Gasteiger partial charge in [0.25, 0.3) is 0 Å². The van der Waals surface area contributed by atoms with Crippen LogP contribution in [0.3, 0.4) is 0 Å². The van der Waals surface area contributed by atoms with Gasteiger partial charge in [-0.25, -0.2) is 4.99 Å². The molecule has 0 radical (unpaired) electrons. The van der Waals surface area contributed by atoms with E-state index < -0.39 is 0 Å². The number of guanidine groups is 1. The summed E-state index contributed by atoms with van der Waals surface area (Å²) in [5.41, 5.74) is 2.43. The molecule has 144 valence electrons. The van der Waals surface area contributed by atoms with Crippen LogP contribution in [0.25, 0.3) is 0 Å². The van der Waals surface area contributed by atoms with Gasteiger partial charge in [-0.05, 0) is 31.2 Å². The van der Waals surface area contributed by atoms with Crippen molar-refractivity contribution in [1.29, 1.82) is 0 Å². The Balaban J connectivity index is 0.00000338. The molecule has 1 fully saturated rings. The molecule has 0 bridgehead atoms. The predicted octanol–water partition coefficient (Wildman–Crippen LogP) is 2.78. The van der Waals surface area contributed by atoms with Gasteiger partial charge in [0, 0.05) is 33.7 Å². The lowest BCUT2D eigenvalue weighted by atomic mass is 9.99. The molecule has 5 nitrogen and oxygen atoms in total. The van der Waals surface area contributed by atoms with Crippen LogP contribution in [-0.4, -0.2) is 61.9 Å². The highest BCUT2D eigenvalue weighted by Gasteiger charge is 2.25. The van der Waals surface area contributed by atoms with Crippen LogP contribution in [0.2, 0.25) is 0 Å². The molecule has 2 rings (SSSR count). The van der Waals surface area contributed by atoms with Crippen molar-refractivity contribution < 1.29 is 4.79 Å². The number of hydrogen-bond donors (Lipinski definition) is 1. The van der Waals surface area contributed by atoms with Crippen LogP contribution < -0.4 is 5.32 Å². The first kappa shape index (κ1) is 22.5. The van der Waals surface area contributed by atoms with Crippen LogP contribution in [0.1, 0.15) is 18.9 Å². The molecular weight excluding hydrogens is 439 g/mol. The average molecular weight is 470 g/mol. The van der Waals surface area contributed by atoms with Gasteiger partial charge in [-0.1, -0.05) is 42.5 Å². The van der Waals surface area contributed by atoms with Crippen molar-refractivity contribution >= 4 is 35.8 Å². The third-order valence-corrected chi connectivity index (χ3v) is 4.36. The van der Waals surface area contributed by atoms with E-state index >= 15 is 0 Å². The minimum Gasteiger partial charge on any atom is -0.353 e. The molecule has 1 unspecified atom stereocenters. The normalized spacial score (nSPS) is 16.8. The number of carbonyl (C=O) groups excluding carboxylic acids is 1. The molecular formula is C20H31IN4O. The molecule has 0 spiro atoms. The van der Waals surface area contributed by atoms with Gasteiger partial charge < -0.3 is 15.1 Å². The first-order chi connectivity index (χ1) is 12.0. The van der Waals surface area contributed by atoms with Gasteiger partial charge in [0.1, 0.15) is 6.54 Å². The van der Waals surface area contributed by atoms with Gasteiger partial charge in [0.2, 0.25) is 5.91 Å². The number of carbonyl (C=O) groups is 1. The Morgan fingerprint density at radius 2 is 2.04 bits per heavy atom. The molecule has 0 aliphatic carbocycles. The minimum atomic E-state index is 0. The maximum atomic E-state index is 11.9. The molecule has 0 aromatic heterocycles. The summed E-state index contributed by atoms with van der Waals surface area (Å²) in [4.78, 5) is 20.2. The van der Waals surface area contributed by atoms with Gasteiger partial charge in [0.15, 0.2) is 5.96 Å². The third kappa shape index (κ3) is 7.35. The summed E-state index contributed by atoms with van der Waals surface area (Å²) in [6, 6.07) is 10.6. The third-order valence-electron chi connectivity index (χ3n) is 4.36. The van der Waals surface area contributed by atoms with E-state index in [1.54, 1.807) is 19.0 Å². The topological polar surface area (TPSA) is 47.9 Å². The van der Waals surface area contributed by atoms with E-state index in [0.29, 0.717) is 12.5 Å². The Labute approximate surface area is 174 Å². The van der Waals surface area contributed by atoms with Gasteiger partial charge in [-0.15, -0.1) is 24.0 Å². The fourth-order valence-corrected chi connectivity index (χ4v) is 2.92. The second kappa shape index (κ2) is 11.2. The van der Waals surface area contributed by atoms with Crippen molar-refractivity contribution in [3.05, 3.63) is 48.0 Å². The van der Waals surface area contributed by atoms with Gasteiger partial charge in [-0.3, -0.25) is 4.79 Å². The van der Waals surface area contributed by atoms with Crippen LogP contribution in [-0.2, 0) is 11.2 Å². The minimum absolute atomic E-state index is 0. The highest BCUT2D eigenvalue weighted by atomic mass is 127. The number of likely N-dealkylation sites (N-methyl/N-ethyl adjacent to an activating group) is 1. The Morgan fingerprint density at radius 3 is 2.65 bits per heavy atom. The van der Waals surface area contributed by atoms with Crippen molar-refractivity contribution in [3.8, 4) is 0 Å². The first-order valence-electron chi connectivity index (χ1n) is 8.87. The van der Waals surface area contributed by atoms with Crippen LogP contribution in [0, 0.1) is 5.92 Å². The number of halogens is 1. The summed E-state index contributed by atoms with van der Waals surface area (Å²) < 4.78 is 0. The van der Waals surface area contributed by atoms with Crippen LogP contribution in [0.15, 0.2) is 47.5 Å². The van der Waals surface area contributed by atoms with Gasteiger partial charge in [-0.2, -0.15) is 0 Å². The molecule has 1 aliphatic rings. The number of aliphatic imine (C=N–C) groups is 1. The van der Waals surface area contributed by atoms with Crippen molar-refractivity contribution in [2.45, 2.75) is 19.8 Å². The quantitative estimate of drug-likeness (QED) is 0.301. The summed E-state index contributed by atoms with van der Waals surface area (Å²) in [6.45, 7) is 8.70. The monoisotopic (exact) mass is 470 g/mol. The molecule has 1 aliphatic heterocycles. The zero-order chi connectivity index (χ0) is 18.2. The summed E-state index contributed by atoms with van der Waals surface area (Å²) in [5.74, 6) is 1.44. The number of nitrogens with zero attached hydrogens (tertiary/aromatic N) is 3. The maximum Gasteiger partial charge on any atom is 0.243 e. The van der Waals surface area contributed by atoms with Crippen LogP contribution in [0.5, 0.6) is 0 Å². The molecule has 1 saturated heterocycles. The molecule has 6 heteroatoms. The van der Waals surface area contributed by atoms with E-state index in [-0.39, 0.29) is 36.4 Å². The SMILES string of the molecule is C=C(C)CNC(=NCC(=O)N(C)C)N1CCC(Cc2ccccc2)C1.I. The lowest BCUT2D eigenvalue weighted by Gasteiger charge is -2.22. The number of likely N-dealkylation sites (tertiary alicyclic amines) is 1. The first-order valence-corrected chi connectivity index (χ1v) is 8.87. The largest absolute Gasteiger partial charge is 0.353 e. The van der Waals surface area contributed by atoms with E-state index in [1.165, 1.54) is 5.56 Å². The second-order valence-electron chi connectivity index (χ2n) is 7.03. The van der Waals surface area contributed by atoms with Crippen LogP contribution >= 0.6 is 24.0 Å². The smallest absolute Gasteiger partial charge is 0.243 e.